The van der Waals surface area contributed by atoms with Crippen LogP contribution < -0.4 is 0 Å². The van der Waals surface area contributed by atoms with Gasteiger partial charge in [0.2, 0.25) is 0 Å². The summed E-state index contributed by atoms with van der Waals surface area (Å²) in [5.41, 5.74) is 0. The minimum atomic E-state index is 0.428. The fourth-order valence-corrected chi connectivity index (χ4v) is 2.12. The Morgan fingerprint density at radius 3 is 2.38 bits per heavy atom. The molecule has 2 atom stereocenters. The summed E-state index contributed by atoms with van der Waals surface area (Å²) in [6.07, 6.45) is 3.78. The molecular formula is C13H27N3. The Kier molecular flexibility index (Phi) is 5.23. The molecule has 0 bridgehead atoms. The van der Waals surface area contributed by atoms with Crippen LogP contribution in [0.2, 0.25) is 0 Å². The first kappa shape index (κ1) is 13.5. The van der Waals surface area contributed by atoms with Gasteiger partial charge in [0.25, 0.3) is 0 Å². The van der Waals surface area contributed by atoms with E-state index < -0.39 is 0 Å². The van der Waals surface area contributed by atoms with Crippen molar-refractivity contribution >= 4 is 0 Å². The zero-order valence-electron chi connectivity index (χ0n) is 11.5. The minimum absolute atomic E-state index is 0.428. The fourth-order valence-electron chi connectivity index (χ4n) is 2.12. The zero-order chi connectivity index (χ0) is 12.1. The summed E-state index contributed by atoms with van der Waals surface area (Å²) < 4.78 is 0. The summed E-state index contributed by atoms with van der Waals surface area (Å²) >= 11 is 0. The van der Waals surface area contributed by atoms with E-state index in [-0.39, 0.29) is 0 Å². The maximum Gasteiger partial charge on any atom is 0.0946 e. The molecule has 3 nitrogen and oxygen atoms in total. The van der Waals surface area contributed by atoms with Gasteiger partial charge in [0.05, 0.1) is 12.1 Å². The third-order valence-electron chi connectivity index (χ3n) is 3.18. The zero-order valence-corrected chi connectivity index (χ0v) is 11.5. The van der Waals surface area contributed by atoms with Crippen LogP contribution in [0.5, 0.6) is 0 Å². The molecule has 0 N–H and O–H groups in total. The molecule has 0 aromatic heterocycles. The van der Waals surface area contributed by atoms with Crippen molar-refractivity contribution in [2.45, 2.75) is 66.0 Å². The number of nitrogens with zero attached hydrogens (tertiary/aromatic N) is 3. The number of hydrogen-bond donors (Lipinski definition) is 0. The molecule has 3 heteroatoms. The molecule has 0 aromatic rings. The second-order valence-electron chi connectivity index (χ2n) is 5.85. The highest BCUT2D eigenvalue weighted by molar-refractivity contribution is 4.83. The van der Waals surface area contributed by atoms with E-state index in [1.165, 1.54) is 19.3 Å². The van der Waals surface area contributed by atoms with Crippen molar-refractivity contribution in [1.29, 1.82) is 0 Å². The topological polar surface area (TPSA) is 28.0 Å². The van der Waals surface area contributed by atoms with Crippen molar-refractivity contribution in [3.8, 4) is 0 Å². The summed E-state index contributed by atoms with van der Waals surface area (Å²) in [6.45, 7) is 12.3. The van der Waals surface area contributed by atoms with Crippen LogP contribution in [0.15, 0.2) is 10.3 Å². The van der Waals surface area contributed by atoms with E-state index in [4.69, 9.17) is 0 Å². The standard InChI is InChI=1S/C13H27N3/c1-10(2)7-6-8-13-12(5)16(15-14-13)9-11(3)4/h10-13H,6-9H2,1-5H3. The van der Waals surface area contributed by atoms with E-state index in [0.29, 0.717) is 18.0 Å². The van der Waals surface area contributed by atoms with Gasteiger partial charge in [-0.1, -0.05) is 45.8 Å². The van der Waals surface area contributed by atoms with E-state index in [1.807, 2.05) is 0 Å². The molecule has 0 aliphatic carbocycles. The van der Waals surface area contributed by atoms with E-state index in [9.17, 15) is 0 Å². The van der Waals surface area contributed by atoms with Crippen molar-refractivity contribution in [1.82, 2.24) is 5.01 Å². The van der Waals surface area contributed by atoms with Crippen LogP contribution in [-0.4, -0.2) is 23.6 Å². The summed E-state index contributed by atoms with van der Waals surface area (Å²) in [5, 5.41) is 10.9. The lowest BCUT2D eigenvalue weighted by Crippen LogP contribution is -2.34. The molecule has 0 radical (unpaired) electrons. The Labute approximate surface area is 100 Å². The highest BCUT2D eigenvalue weighted by atomic mass is 15.6. The third kappa shape index (κ3) is 4.11. The van der Waals surface area contributed by atoms with Crippen molar-refractivity contribution in [2.24, 2.45) is 22.2 Å². The molecular weight excluding hydrogens is 198 g/mol. The van der Waals surface area contributed by atoms with Gasteiger partial charge in [0.15, 0.2) is 0 Å². The molecule has 1 heterocycles. The van der Waals surface area contributed by atoms with Crippen LogP contribution in [0.1, 0.15) is 53.9 Å². The average molecular weight is 225 g/mol. The molecule has 94 valence electrons. The molecule has 0 aromatic carbocycles. The van der Waals surface area contributed by atoms with Gasteiger partial charge in [-0.3, -0.25) is 5.01 Å². The molecule has 0 spiro atoms. The maximum atomic E-state index is 4.40. The summed E-state index contributed by atoms with van der Waals surface area (Å²) in [5.74, 6) is 1.47. The Bertz CT molecular complexity index is 223. The van der Waals surface area contributed by atoms with E-state index >= 15 is 0 Å². The predicted molar refractivity (Wildman–Crippen MR) is 68.3 cm³/mol. The van der Waals surface area contributed by atoms with Crippen LogP contribution in [0.3, 0.4) is 0 Å². The Hall–Kier alpha value is -0.600. The summed E-state index contributed by atoms with van der Waals surface area (Å²) in [4.78, 5) is 0. The molecule has 1 aliphatic heterocycles. The highest BCUT2D eigenvalue weighted by Crippen LogP contribution is 2.23. The lowest BCUT2D eigenvalue weighted by atomic mass is 9.99. The maximum absolute atomic E-state index is 4.40. The third-order valence-corrected chi connectivity index (χ3v) is 3.18. The van der Waals surface area contributed by atoms with Gasteiger partial charge in [-0.2, -0.15) is 5.11 Å². The van der Waals surface area contributed by atoms with Crippen molar-refractivity contribution in [3.63, 3.8) is 0 Å². The van der Waals surface area contributed by atoms with Crippen molar-refractivity contribution in [2.75, 3.05) is 6.54 Å². The predicted octanol–water partition coefficient (Wildman–Crippen LogP) is 3.91. The first-order valence-corrected chi connectivity index (χ1v) is 6.68. The molecule has 1 rings (SSSR count). The Morgan fingerprint density at radius 1 is 1.12 bits per heavy atom. The normalized spacial score (nSPS) is 25.1. The van der Waals surface area contributed by atoms with Gasteiger partial charge >= 0.3 is 0 Å². The smallest absolute Gasteiger partial charge is 0.0946 e. The van der Waals surface area contributed by atoms with Gasteiger partial charge < -0.3 is 0 Å². The van der Waals surface area contributed by atoms with Crippen LogP contribution >= 0.6 is 0 Å². The van der Waals surface area contributed by atoms with Crippen molar-refractivity contribution in [3.05, 3.63) is 0 Å². The fraction of sp³-hybridized carbons (Fsp3) is 1.00. The van der Waals surface area contributed by atoms with Crippen LogP contribution in [0.25, 0.3) is 0 Å². The second kappa shape index (κ2) is 6.21. The largest absolute Gasteiger partial charge is 0.274 e. The lowest BCUT2D eigenvalue weighted by Gasteiger charge is -2.23. The van der Waals surface area contributed by atoms with Crippen LogP contribution in [0.4, 0.5) is 0 Å². The average Bonchev–Trinajstić information content (AvgIpc) is 2.48. The summed E-state index contributed by atoms with van der Waals surface area (Å²) in [7, 11) is 0. The van der Waals surface area contributed by atoms with Gasteiger partial charge in [-0.15, -0.1) is 0 Å². The van der Waals surface area contributed by atoms with Gasteiger partial charge in [-0.05, 0) is 25.2 Å². The molecule has 0 amide bonds. The first-order chi connectivity index (χ1) is 7.50. The van der Waals surface area contributed by atoms with E-state index in [1.54, 1.807) is 0 Å². The van der Waals surface area contributed by atoms with Crippen LogP contribution in [0, 0.1) is 11.8 Å². The number of rotatable bonds is 6. The molecule has 0 saturated carbocycles. The van der Waals surface area contributed by atoms with Crippen LogP contribution in [-0.2, 0) is 0 Å². The minimum Gasteiger partial charge on any atom is -0.274 e. The van der Waals surface area contributed by atoms with Gasteiger partial charge in [0, 0.05) is 6.54 Å². The first-order valence-electron chi connectivity index (χ1n) is 6.68. The van der Waals surface area contributed by atoms with E-state index in [0.717, 1.165) is 12.5 Å². The SMILES string of the molecule is CC(C)CCCC1N=NN(CC(C)C)C1C. The molecule has 16 heavy (non-hydrogen) atoms. The Balaban J connectivity index is 2.28. The van der Waals surface area contributed by atoms with Crippen molar-refractivity contribution < 1.29 is 0 Å². The molecule has 1 aliphatic rings. The van der Waals surface area contributed by atoms with Gasteiger partial charge in [-0.25, -0.2) is 0 Å². The monoisotopic (exact) mass is 225 g/mol. The number of hydrogen-bond acceptors (Lipinski definition) is 3. The molecule has 0 fully saturated rings. The quantitative estimate of drug-likeness (QED) is 0.673. The molecule has 2 unspecified atom stereocenters. The summed E-state index contributed by atoms with van der Waals surface area (Å²) in [6, 6.07) is 0.923. The lowest BCUT2D eigenvalue weighted by molar-refractivity contribution is 0.205. The Morgan fingerprint density at radius 2 is 1.81 bits per heavy atom. The highest BCUT2D eigenvalue weighted by Gasteiger charge is 2.28. The molecule has 0 saturated heterocycles. The second-order valence-corrected chi connectivity index (χ2v) is 5.85. The van der Waals surface area contributed by atoms with Gasteiger partial charge in [0.1, 0.15) is 0 Å². The van der Waals surface area contributed by atoms with E-state index in [2.05, 4.69) is 50.0 Å².